The molecule has 3 N–H and O–H groups in total. The molecule has 0 saturated heterocycles. The van der Waals surface area contributed by atoms with Crippen LogP contribution in [0.25, 0.3) is 10.9 Å². The van der Waals surface area contributed by atoms with Gasteiger partial charge >= 0.3 is 10.2 Å². The van der Waals surface area contributed by atoms with Crippen LogP contribution in [-0.4, -0.2) is 13.4 Å². The molecule has 7 nitrogen and oxygen atoms in total. The normalized spacial score (nSPS) is 11.3. The second kappa shape index (κ2) is 7.84. The van der Waals surface area contributed by atoms with Gasteiger partial charge in [0.1, 0.15) is 17.3 Å². The van der Waals surface area contributed by atoms with Crippen LogP contribution in [0.1, 0.15) is 11.5 Å². The molecule has 148 valence electrons. The number of nitrogens with one attached hydrogen (secondary N) is 3. The van der Waals surface area contributed by atoms with Gasteiger partial charge in [0.05, 0.1) is 23.4 Å². The van der Waals surface area contributed by atoms with E-state index in [0.29, 0.717) is 34.6 Å². The molecule has 0 unspecified atom stereocenters. The SMILES string of the molecule is Cc1ccc(CNc2ccc3c(NS(=O)(=O)Nc4ccccc4)cccc3n2)o1. The summed E-state index contributed by atoms with van der Waals surface area (Å²) >= 11 is 0. The number of aryl methyl sites for hydroxylation is 1. The third-order valence-electron chi connectivity index (χ3n) is 4.24. The maximum Gasteiger partial charge on any atom is 0.321 e. The van der Waals surface area contributed by atoms with Crippen molar-refractivity contribution in [3.05, 3.63) is 84.3 Å². The van der Waals surface area contributed by atoms with E-state index in [-0.39, 0.29) is 0 Å². The van der Waals surface area contributed by atoms with E-state index in [0.717, 1.165) is 11.5 Å². The van der Waals surface area contributed by atoms with Crippen LogP contribution in [0.15, 0.2) is 77.2 Å². The minimum Gasteiger partial charge on any atom is -0.465 e. The third kappa shape index (κ3) is 4.67. The molecule has 0 saturated carbocycles. The fraction of sp³-hybridized carbons (Fsp3) is 0.0952. The number of hydrogen-bond acceptors (Lipinski definition) is 5. The highest BCUT2D eigenvalue weighted by atomic mass is 32.2. The zero-order valence-electron chi connectivity index (χ0n) is 15.7. The fourth-order valence-corrected chi connectivity index (χ4v) is 3.90. The van der Waals surface area contributed by atoms with E-state index in [9.17, 15) is 8.42 Å². The molecule has 0 amide bonds. The van der Waals surface area contributed by atoms with Crippen LogP contribution in [0.2, 0.25) is 0 Å². The lowest BCUT2D eigenvalue weighted by molar-refractivity contribution is 0.490. The Balaban J connectivity index is 1.53. The molecule has 0 spiro atoms. The number of hydrogen-bond donors (Lipinski definition) is 3. The van der Waals surface area contributed by atoms with Gasteiger partial charge in [0.2, 0.25) is 0 Å². The van der Waals surface area contributed by atoms with E-state index in [1.165, 1.54) is 0 Å². The average Bonchev–Trinajstić information content (AvgIpc) is 3.12. The Labute approximate surface area is 169 Å². The largest absolute Gasteiger partial charge is 0.465 e. The minimum absolute atomic E-state index is 0.451. The minimum atomic E-state index is -3.79. The van der Waals surface area contributed by atoms with E-state index in [2.05, 4.69) is 19.7 Å². The highest BCUT2D eigenvalue weighted by Gasteiger charge is 2.12. The first kappa shape index (κ1) is 18.8. The lowest BCUT2D eigenvalue weighted by Gasteiger charge is -2.13. The van der Waals surface area contributed by atoms with E-state index < -0.39 is 10.2 Å². The topological polar surface area (TPSA) is 96.3 Å². The average molecular weight is 408 g/mol. The van der Waals surface area contributed by atoms with Crippen LogP contribution in [-0.2, 0) is 16.8 Å². The number of aromatic nitrogens is 1. The van der Waals surface area contributed by atoms with Gasteiger partial charge in [-0.05, 0) is 55.5 Å². The highest BCUT2D eigenvalue weighted by molar-refractivity contribution is 7.94. The van der Waals surface area contributed by atoms with Crippen molar-refractivity contribution < 1.29 is 12.8 Å². The van der Waals surface area contributed by atoms with Crippen molar-refractivity contribution in [1.29, 1.82) is 0 Å². The molecule has 4 rings (SSSR count). The van der Waals surface area contributed by atoms with Gasteiger partial charge in [-0.15, -0.1) is 0 Å². The summed E-state index contributed by atoms with van der Waals surface area (Å²) in [5, 5.41) is 3.91. The third-order valence-corrected chi connectivity index (χ3v) is 5.24. The Morgan fingerprint density at radius 3 is 2.48 bits per heavy atom. The molecule has 0 bridgehead atoms. The smallest absolute Gasteiger partial charge is 0.321 e. The van der Waals surface area contributed by atoms with Crippen molar-refractivity contribution in [2.75, 3.05) is 14.8 Å². The fourth-order valence-electron chi connectivity index (χ4n) is 2.93. The van der Waals surface area contributed by atoms with Gasteiger partial charge in [0.15, 0.2) is 0 Å². The van der Waals surface area contributed by atoms with Gasteiger partial charge in [-0.2, -0.15) is 8.42 Å². The van der Waals surface area contributed by atoms with Crippen LogP contribution < -0.4 is 14.8 Å². The summed E-state index contributed by atoms with van der Waals surface area (Å²) in [6.07, 6.45) is 0. The first-order chi connectivity index (χ1) is 14.0. The summed E-state index contributed by atoms with van der Waals surface area (Å²) in [7, 11) is -3.79. The summed E-state index contributed by atoms with van der Waals surface area (Å²) < 4.78 is 35.6. The molecule has 0 fully saturated rings. The molecule has 0 aliphatic rings. The van der Waals surface area contributed by atoms with Crippen molar-refractivity contribution >= 4 is 38.3 Å². The Morgan fingerprint density at radius 2 is 1.72 bits per heavy atom. The van der Waals surface area contributed by atoms with Crippen LogP contribution in [0.5, 0.6) is 0 Å². The van der Waals surface area contributed by atoms with Gasteiger partial charge in [0.25, 0.3) is 0 Å². The van der Waals surface area contributed by atoms with Crippen LogP contribution >= 0.6 is 0 Å². The predicted molar refractivity (Wildman–Crippen MR) is 115 cm³/mol. The van der Waals surface area contributed by atoms with Gasteiger partial charge in [-0.25, -0.2) is 4.98 Å². The van der Waals surface area contributed by atoms with Gasteiger partial charge < -0.3 is 9.73 Å². The van der Waals surface area contributed by atoms with Crippen LogP contribution in [0.4, 0.5) is 17.2 Å². The summed E-state index contributed by atoms with van der Waals surface area (Å²) in [5.74, 6) is 2.35. The highest BCUT2D eigenvalue weighted by Crippen LogP contribution is 2.25. The molecule has 4 aromatic rings. The van der Waals surface area contributed by atoms with Crippen LogP contribution in [0.3, 0.4) is 0 Å². The van der Waals surface area contributed by atoms with Crippen LogP contribution in [0, 0.1) is 6.92 Å². The molecule has 2 heterocycles. The molecule has 29 heavy (non-hydrogen) atoms. The Bertz CT molecular complexity index is 1240. The molecular formula is C21H20N4O3S. The van der Waals surface area contributed by atoms with Crippen molar-refractivity contribution in [3.63, 3.8) is 0 Å². The number of pyridine rings is 1. The quantitative estimate of drug-likeness (QED) is 0.418. The lowest BCUT2D eigenvalue weighted by atomic mass is 10.2. The number of furan rings is 1. The monoisotopic (exact) mass is 408 g/mol. The number of anilines is 3. The van der Waals surface area contributed by atoms with E-state index in [1.54, 1.807) is 42.5 Å². The number of rotatable bonds is 7. The summed E-state index contributed by atoms with van der Waals surface area (Å²) in [6, 6.07) is 21.5. The van der Waals surface area contributed by atoms with Crippen molar-refractivity contribution in [2.45, 2.75) is 13.5 Å². The van der Waals surface area contributed by atoms with E-state index in [4.69, 9.17) is 4.42 Å². The van der Waals surface area contributed by atoms with Crippen molar-refractivity contribution in [3.8, 4) is 0 Å². The molecule has 0 aliphatic carbocycles. The molecule has 0 aliphatic heterocycles. The second-order valence-corrected chi connectivity index (χ2v) is 7.92. The Kier molecular flexibility index (Phi) is 5.09. The summed E-state index contributed by atoms with van der Waals surface area (Å²) in [6.45, 7) is 2.41. The second-order valence-electron chi connectivity index (χ2n) is 6.51. The molecule has 2 aromatic carbocycles. The zero-order chi connectivity index (χ0) is 20.3. The maximum absolute atomic E-state index is 12.5. The maximum atomic E-state index is 12.5. The van der Waals surface area contributed by atoms with E-state index >= 15 is 0 Å². The summed E-state index contributed by atoms with van der Waals surface area (Å²) in [4.78, 5) is 4.56. The van der Waals surface area contributed by atoms with Gasteiger partial charge in [-0.1, -0.05) is 24.3 Å². The molecule has 2 aromatic heterocycles. The molecule has 0 radical (unpaired) electrons. The standard InChI is InChI=1S/C21H20N4O3S/c1-15-10-11-17(28-15)14-22-21-13-12-18-19(23-21)8-5-9-20(18)25-29(26,27)24-16-6-3-2-4-7-16/h2-13,24-25H,14H2,1H3,(H,22,23). The molecule has 0 atom stereocenters. The summed E-state index contributed by atoms with van der Waals surface area (Å²) in [5.41, 5.74) is 1.61. The lowest BCUT2D eigenvalue weighted by Crippen LogP contribution is -2.21. The Morgan fingerprint density at radius 1 is 0.897 bits per heavy atom. The Hall–Kier alpha value is -3.52. The predicted octanol–water partition coefficient (Wildman–Crippen LogP) is 4.52. The number of para-hydroxylation sites is 1. The number of benzene rings is 2. The molecular weight excluding hydrogens is 388 g/mol. The first-order valence-electron chi connectivity index (χ1n) is 9.03. The number of fused-ring (bicyclic) bond motifs is 1. The van der Waals surface area contributed by atoms with Crippen molar-refractivity contribution in [1.82, 2.24) is 4.98 Å². The van der Waals surface area contributed by atoms with Gasteiger partial charge in [-0.3, -0.25) is 9.44 Å². The zero-order valence-corrected chi connectivity index (χ0v) is 16.5. The van der Waals surface area contributed by atoms with Gasteiger partial charge in [0, 0.05) is 5.39 Å². The molecule has 8 heteroatoms. The number of nitrogens with zero attached hydrogens (tertiary/aromatic N) is 1. The van der Waals surface area contributed by atoms with E-state index in [1.807, 2.05) is 37.3 Å². The van der Waals surface area contributed by atoms with Crippen molar-refractivity contribution in [2.24, 2.45) is 0 Å². The first-order valence-corrected chi connectivity index (χ1v) is 10.5.